The minimum atomic E-state index is -2.83. The predicted molar refractivity (Wildman–Crippen MR) is 140 cm³/mol. The largest absolute Gasteiger partial charge is 0.444 e. The molecule has 216 valence electrons. The normalized spacial score (nSPS) is 30.1. The fourth-order valence-corrected chi connectivity index (χ4v) is 6.24. The van der Waals surface area contributed by atoms with Crippen molar-refractivity contribution < 1.29 is 32.5 Å². The maximum Gasteiger partial charge on any atom is 0.407 e. The van der Waals surface area contributed by atoms with Crippen LogP contribution in [0.3, 0.4) is 0 Å². The number of hydrogen-bond acceptors (Lipinski definition) is 9. The monoisotopic (exact) mass is 569 g/mol. The first kappa shape index (κ1) is 28.5. The zero-order valence-corrected chi connectivity index (χ0v) is 24.0. The lowest BCUT2D eigenvalue weighted by Crippen LogP contribution is -2.43. The third kappa shape index (κ3) is 6.17. The average molecular weight is 570 g/mol. The van der Waals surface area contributed by atoms with Crippen LogP contribution in [0, 0.1) is 0 Å². The summed E-state index contributed by atoms with van der Waals surface area (Å²) in [6, 6.07) is 3.46. The molecule has 0 aromatic carbocycles. The third-order valence-electron chi connectivity index (χ3n) is 7.13. The van der Waals surface area contributed by atoms with Crippen LogP contribution in [-0.4, -0.2) is 93.1 Å². The van der Waals surface area contributed by atoms with E-state index in [9.17, 15) is 13.6 Å². The van der Waals surface area contributed by atoms with E-state index < -0.39 is 53.9 Å². The molecule has 5 atom stereocenters. The fraction of sp³-hybridized carbons (Fsp3) is 0.731. The number of aromatic nitrogens is 3. The molecule has 13 heteroatoms. The number of ether oxygens (including phenoxy) is 4. The van der Waals surface area contributed by atoms with E-state index in [4.69, 9.17) is 18.9 Å². The van der Waals surface area contributed by atoms with Crippen LogP contribution < -0.4 is 5.32 Å². The average Bonchev–Trinajstić information content (AvgIpc) is 3.53. The highest BCUT2D eigenvalue weighted by Crippen LogP contribution is 2.46. The van der Waals surface area contributed by atoms with E-state index in [2.05, 4.69) is 15.4 Å². The first-order valence-corrected chi connectivity index (χ1v) is 14.4. The van der Waals surface area contributed by atoms with Gasteiger partial charge < -0.3 is 24.3 Å². The maximum atomic E-state index is 14.6. The third-order valence-corrected chi connectivity index (χ3v) is 7.83. The van der Waals surface area contributed by atoms with Crippen LogP contribution >= 0.6 is 11.8 Å². The second-order valence-electron chi connectivity index (χ2n) is 11.8. The van der Waals surface area contributed by atoms with Crippen LogP contribution in [0.15, 0.2) is 23.5 Å². The van der Waals surface area contributed by atoms with E-state index in [-0.39, 0.29) is 26.1 Å². The topological polar surface area (TPSA) is 99.5 Å². The number of halogens is 2. The second kappa shape index (κ2) is 10.4. The summed E-state index contributed by atoms with van der Waals surface area (Å²) in [6.45, 7) is 9.11. The number of alkyl halides is 2. The van der Waals surface area contributed by atoms with Crippen LogP contribution in [0.4, 0.5) is 13.6 Å². The van der Waals surface area contributed by atoms with E-state index in [1.54, 1.807) is 30.2 Å². The summed E-state index contributed by atoms with van der Waals surface area (Å²) < 4.78 is 55.3. The Morgan fingerprint density at radius 2 is 2.00 bits per heavy atom. The number of carbonyl (C=O) groups is 1. The highest BCUT2D eigenvalue weighted by atomic mass is 32.2. The highest BCUT2D eigenvalue weighted by molar-refractivity contribution is 7.98. The number of rotatable bonds is 7. The quantitative estimate of drug-likeness (QED) is 0.496. The molecule has 10 nitrogen and oxygen atoms in total. The van der Waals surface area contributed by atoms with E-state index in [0.29, 0.717) is 6.42 Å². The number of thioether (sulfide) groups is 1. The molecule has 0 bridgehead atoms. The van der Waals surface area contributed by atoms with Gasteiger partial charge in [-0.25, -0.2) is 23.1 Å². The van der Waals surface area contributed by atoms with Crippen molar-refractivity contribution in [2.45, 2.75) is 100 Å². The lowest BCUT2D eigenvalue weighted by molar-refractivity contribution is -0.190. The van der Waals surface area contributed by atoms with Crippen molar-refractivity contribution in [2.75, 3.05) is 25.9 Å². The maximum absolute atomic E-state index is 14.6. The molecule has 1 unspecified atom stereocenters. The summed E-state index contributed by atoms with van der Waals surface area (Å²) in [7, 11) is 0. The summed E-state index contributed by atoms with van der Waals surface area (Å²) in [4.78, 5) is 18.1. The van der Waals surface area contributed by atoms with Gasteiger partial charge in [-0.1, -0.05) is 0 Å². The predicted octanol–water partition coefficient (Wildman–Crippen LogP) is 4.04. The van der Waals surface area contributed by atoms with Crippen molar-refractivity contribution in [3.8, 4) is 0 Å². The zero-order chi connectivity index (χ0) is 28.2. The molecule has 2 aromatic heterocycles. The number of fused-ring (bicyclic) bond motifs is 2. The molecule has 3 aliphatic rings. The number of nitrogens with zero attached hydrogens (tertiary/aromatic N) is 4. The number of hydrogen-bond donors (Lipinski definition) is 1. The molecule has 1 amide bonds. The fourth-order valence-electron chi connectivity index (χ4n) is 5.72. The molecule has 0 spiro atoms. The van der Waals surface area contributed by atoms with E-state index in [1.807, 2.05) is 32.2 Å². The molecule has 0 radical (unpaired) electrons. The van der Waals surface area contributed by atoms with Crippen molar-refractivity contribution in [3.05, 3.63) is 24.2 Å². The molecule has 39 heavy (non-hydrogen) atoms. The standard InChI is InChI=1S/C26H37F2N5O5S/c1-24(2,3)38-23(34)29-10-9-15-11-26(27,28)13-32(15)12-18-20-21(37-25(4,5)36-20)19(35-18)16-7-8-17-22(39-6)30-14-31-33(16)17/h7-8,14-15,18-21H,9-13H2,1-6H3,(H,29,34)/t15-,18-,19+,20?,21+/m1/s1. The van der Waals surface area contributed by atoms with E-state index >= 15 is 0 Å². The van der Waals surface area contributed by atoms with Gasteiger partial charge in [-0.05, 0) is 59.4 Å². The molecular formula is C26H37F2N5O5S. The molecule has 3 fully saturated rings. The van der Waals surface area contributed by atoms with Crippen LogP contribution in [0.25, 0.3) is 5.52 Å². The van der Waals surface area contributed by atoms with Crippen LogP contribution in [0.2, 0.25) is 0 Å². The Morgan fingerprint density at radius 3 is 2.72 bits per heavy atom. The molecule has 2 aromatic rings. The molecule has 5 heterocycles. The van der Waals surface area contributed by atoms with Crippen LogP contribution in [0.5, 0.6) is 0 Å². The van der Waals surface area contributed by atoms with Gasteiger partial charge in [0.1, 0.15) is 41.4 Å². The Bertz CT molecular complexity index is 1210. The highest BCUT2D eigenvalue weighted by Gasteiger charge is 2.57. The van der Waals surface area contributed by atoms with Gasteiger partial charge in [0, 0.05) is 25.6 Å². The van der Waals surface area contributed by atoms with Crippen LogP contribution in [-0.2, 0) is 18.9 Å². The molecular weight excluding hydrogens is 532 g/mol. The summed E-state index contributed by atoms with van der Waals surface area (Å²) in [5.41, 5.74) is 1.03. The number of likely N-dealkylation sites (tertiary alicyclic amines) is 1. The number of carbonyl (C=O) groups excluding carboxylic acids is 1. The summed E-state index contributed by atoms with van der Waals surface area (Å²) >= 11 is 1.53. The van der Waals surface area contributed by atoms with Gasteiger partial charge in [-0.3, -0.25) is 4.90 Å². The molecule has 3 aliphatic heterocycles. The Morgan fingerprint density at radius 1 is 1.26 bits per heavy atom. The van der Waals surface area contributed by atoms with Gasteiger partial charge >= 0.3 is 6.09 Å². The number of alkyl carbamates (subject to hydrolysis) is 1. The summed E-state index contributed by atoms with van der Waals surface area (Å²) in [5.74, 6) is -3.67. The Balaban J connectivity index is 1.31. The molecule has 5 rings (SSSR count). The zero-order valence-electron chi connectivity index (χ0n) is 23.1. The van der Waals surface area contributed by atoms with Crippen molar-refractivity contribution in [1.82, 2.24) is 24.8 Å². The van der Waals surface area contributed by atoms with Crippen molar-refractivity contribution in [1.29, 1.82) is 0 Å². The lowest BCUT2D eigenvalue weighted by atomic mass is 10.0. The van der Waals surface area contributed by atoms with Crippen LogP contribution in [0.1, 0.15) is 59.3 Å². The SMILES string of the molecule is CSc1ncnn2c([C@@H]3O[C@H](CN4CC(F)(F)C[C@H]4CCNC(=O)OC(C)(C)C)C4OC(C)(C)O[C@H]43)ccc12. The van der Waals surface area contributed by atoms with Crippen molar-refractivity contribution in [2.24, 2.45) is 0 Å². The number of amides is 1. The van der Waals surface area contributed by atoms with Gasteiger partial charge in [0.25, 0.3) is 5.92 Å². The molecule has 1 N–H and O–H groups in total. The van der Waals surface area contributed by atoms with E-state index in [0.717, 1.165) is 16.2 Å². The minimum absolute atomic E-state index is 0.229. The first-order chi connectivity index (χ1) is 18.3. The summed E-state index contributed by atoms with van der Waals surface area (Å²) in [5, 5.41) is 7.96. The molecule has 0 aliphatic carbocycles. The van der Waals surface area contributed by atoms with Gasteiger partial charge in [-0.15, -0.1) is 11.8 Å². The minimum Gasteiger partial charge on any atom is -0.444 e. The summed E-state index contributed by atoms with van der Waals surface area (Å²) in [6.07, 6.45) is 1.12. The van der Waals surface area contributed by atoms with Gasteiger partial charge in [0.2, 0.25) is 0 Å². The first-order valence-electron chi connectivity index (χ1n) is 13.2. The Labute approximate surface area is 231 Å². The van der Waals surface area contributed by atoms with Gasteiger partial charge in [0.15, 0.2) is 5.79 Å². The van der Waals surface area contributed by atoms with Gasteiger partial charge in [-0.2, -0.15) is 5.10 Å². The second-order valence-corrected chi connectivity index (χ2v) is 12.6. The van der Waals surface area contributed by atoms with Gasteiger partial charge in [0.05, 0.1) is 17.8 Å². The smallest absolute Gasteiger partial charge is 0.407 e. The van der Waals surface area contributed by atoms with Crippen molar-refractivity contribution >= 4 is 23.4 Å². The lowest BCUT2D eigenvalue weighted by Gasteiger charge is -2.29. The molecule has 3 saturated heterocycles. The Kier molecular flexibility index (Phi) is 7.59. The van der Waals surface area contributed by atoms with E-state index in [1.165, 1.54) is 18.1 Å². The number of nitrogens with one attached hydrogen (secondary N) is 1. The molecule has 0 saturated carbocycles. The van der Waals surface area contributed by atoms with Crippen molar-refractivity contribution in [3.63, 3.8) is 0 Å². The Hall–Kier alpha value is -2.06.